The summed E-state index contributed by atoms with van der Waals surface area (Å²) in [4.78, 5) is 4.72. The molecule has 0 fully saturated rings. The summed E-state index contributed by atoms with van der Waals surface area (Å²) in [6, 6.07) is 14.8. The highest BCUT2D eigenvalue weighted by Crippen LogP contribution is 2.38. The lowest BCUT2D eigenvalue weighted by Crippen LogP contribution is -2.22. The average molecular weight is 409 g/mol. The lowest BCUT2D eigenvalue weighted by Gasteiger charge is -2.30. The van der Waals surface area contributed by atoms with Gasteiger partial charge in [0.2, 0.25) is 0 Å². The van der Waals surface area contributed by atoms with Gasteiger partial charge in [0.05, 0.1) is 12.3 Å². The number of hydrogen-bond donors (Lipinski definition) is 1. The van der Waals surface area contributed by atoms with Crippen LogP contribution in [0.5, 0.6) is 5.75 Å². The molecule has 29 heavy (non-hydrogen) atoms. The number of rotatable bonds is 7. The lowest BCUT2D eigenvalue weighted by atomic mass is 9.79. The van der Waals surface area contributed by atoms with E-state index < -0.39 is 14.5 Å². The molecule has 0 bridgehead atoms. The fourth-order valence-electron chi connectivity index (χ4n) is 3.09. The molecule has 0 unspecified atom stereocenters. The number of anilines is 1. The molecule has 0 radical (unpaired) electrons. The SMILES string of the molecule is [CH3][Al]([CH3])[O]c1c(C=NCCNc2ccccc2)cc(C(C)(C)C)cc1C(C)(C)C. The van der Waals surface area contributed by atoms with Crippen LogP contribution in [0.15, 0.2) is 47.5 Å². The molecule has 156 valence electrons. The van der Waals surface area contributed by atoms with E-state index in [-0.39, 0.29) is 10.8 Å². The third kappa shape index (κ3) is 7.21. The van der Waals surface area contributed by atoms with Gasteiger partial charge >= 0.3 is 14.5 Å². The first-order valence-corrected chi connectivity index (χ1v) is 13.4. The molecule has 0 heterocycles. The van der Waals surface area contributed by atoms with Gasteiger partial charge in [-0.15, -0.1) is 0 Å². The van der Waals surface area contributed by atoms with Crippen molar-refractivity contribution in [3.8, 4) is 5.75 Å². The summed E-state index contributed by atoms with van der Waals surface area (Å²) in [5, 5.41) is 3.41. The summed E-state index contributed by atoms with van der Waals surface area (Å²) in [6.45, 7) is 15.1. The lowest BCUT2D eigenvalue weighted by molar-refractivity contribution is 0.513. The van der Waals surface area contributed by atoms with Crippen molar-refractivity contribution in [3.05, 3.63) is 59.2 Å². The Morgan fingerprint density at radius 1 is 0.966 bits per heavy atom. The van der Waals surface area contributed by atoms with Gasteiger partial charge in [0.25, 0.3) is 0 Å². The molecule has 0 aliphatic heterocycles. The van der Waals surface area contributed by atoms with Crippen molar-refractivity contribution >= 4 is 26.4 Å². The molecule has 4 heteroatoms. The van der Waals surface area contributed by atoms with Crippen LogP contribution in [0.25, 0.3) is 0 Å². The maximum absolute atomic E-state index is 6.43. The highest BCUT2D eigenvalue weighted by Gasteiger charge is 2.26. The second-order valence-electron chi connectivity index (χ2n) is 9.94. The molecule has 0 spiro atoms. The molecule has 0 aliphatic carbocycles. The van der Waals surface area contributed by atoms with E-state index in [0.29, 0.717) is 0 Å². The van der Waals surface area contributed by atoms with Crippen LogP contribution in [0.4, 0.5) is 5.69 Å². The Hall–Kier alpha value is -1.76. The Morgan fingerprint density at radius 2 is 1.62 bits per heavy atom. The van der Waals surface area contributed by atoms with Gasteiger partial charge in [-0.05, 0) is 40.2 Å². The van der Waals surface area contributed by atoms with Crippen molar-refractivity contribution in [2.45, 2.75) is 63.9 Å². The number of nitrogens with zero attached hydrogens (tertiary/aromatic N) is 1. The molecule has 0 aliphatic rings. The molecular formula is C25H37AlN2O. The molecule has 2 rings (SSSR count). The van der Waals surface area contributed by atoms with E-state index in [1.165, 1.54) is 11.1 Å². The Kier molecular flexibility index (Phi) is 7.97. The predicted molar refractivity (Wildman–Crippen MR) is 129 cm³/mol. The van der Waals surface area contributed by atoms with Crippen LogP contribution < -0.4 is 9.11 Å². The standard InChI is InChI=1S/C23H32N2O.2CH3.Al/c1-22(2,3)18-14-17(21(26)20(15-18)23(4,5)6)16-24-12-13-25-19-10-8-7-9-11-19;;;/h7-11,14-16,25-26H,12-13H2,1-6H3;2*1H3;/q;;;+1/p-1. The van der Waals surface area contributed by atoms with Gasteiger partial charge in [-0.25, -0.2) is 0 Å². The van der Waals surface area contributed by atoms with Crippen molar-refractivity contribution in [2.24, 2.45) is 4.99 Å². The Morgan fingerprint density at radius 3 is 2.17 bits per heavy atom. The topological polar surface area (TPSA) is 33.6 Å². The minimum absolute atomic E-state index is 0.0112. The van der Waals surface area contributed by atoms with Crippen LogP contribution in [-0.4, -0.2) is 33.8 Å². The molecule has 1 N–H and O–H groups in total. The minimum Gasteiger partial charge on any atom is -0.642 e. The monoisotopic (exact) mass is 408 g/mol. The maximum atomic E-state index is 6.43. The Bertz CT molecular complexity index is 815. The van der Waals surface area contributed by atoms with Gasteiger partial charge in [-0.3, -0.25) is 4.99 Å². The van der Waals surface area contributed by atoms with Crippen molar-refractivity contribution < 1.29 is 3.79 Å². The van der Waals surface area contributed by atoms with Crippen LogP contribution in [0.2, 0.25) is 11.6 Å². The van der Waals surface area contributed by atoms with Crippen LogP contribution in [0.1, 0.15) is 58.2 Å². The first-order valence-electron chi connectivity index (χ1n) is 10.6. The van der Waals surface area contributed by atoms with Crippen molar-refractivity contribution in [2.75, 3.05) is 18.4 Å². The summed E-state index contributed by atoms with van der Waals surface area (Å²) in [7, 11) is 0. The smallest absolute Gasteiger partial charge is 0.540 e. The molecule has 0 saturated heterocycles. The van der Waals surface area contributed by atoms with Gasteiger partial charge in [0.15, 0.2) is 0 Å². The van der Waals surface area contributed by atoms with Crippen LogP contribution in [0, 0.1) is 0 Å². The van der Waals surface area contributed by atoms with E-state index in [2.05, 4.69) is 82.7 Å². The molecule has 0 saturated carbocycles. The van der Waals surface area contributed by atoms with E-state index in [4.69, 9.17) is 8.78 Å². The van der Waals surface area contributed by atoms with Crippen LogP contribution in [-0.2, 0) is 10.8 Å². The second kappa shape index (κ2) is 9.83. The Balaban J connectivity index is 2.31. The normalized spacial score (nSPS) is 12.3. The van der Waals surface area contributed by atoms with Gasteiger partial charge < -0.3 is 9.11 Å². The second-order valence-corrected chi connectivity index (χ2v) is 12.3. The van der Waals surface area contributed by atoms with Crippen molar-refractivity contribution in [1.82, 2.24) is 0 Å². The number of nitrogens with one attached hydrogen (secondary N) is 1. The van der Waals surface area contributed by atoms with E-state index in [9.17, 15) is 0 Å². The molecular weight excluding hydrogens is 371 g/mol. The summed E-state index contributed by atoms with van der Waals surface area (Å²) < 4.78 is 6.43. The third-order valence-corrected chi connectivity index (χ3v) is 5.43. The molecule has 3 nitrogen and oxygen atoms in total. The van der Waals surface area contributed by atoms with E-state index in [1.807, 2.05) is 24.4 Å². The number of aliphatic imine (C=N–C) groups is 1. The number of hydrogen-bond acceptors (Lipinski definition) is 3. The zero-order valence-electron chi connectivity index (χ0n) is 19.5. The number of benzene rings is 2. The summed E-state index contributed by atoms with van der Waals surface area (Å²) in [5.74, 6) is 5.45. The van der Waals surface area contributed by atoms with Crippen molar-refractivity contribution in [1.29, 1.82) is 0 Å². The third-order valence-electron chi connectivity index (χ3n) is 4.72. The molecule has 0 amide bonds. The van der Waals surface area contributed by atoms with E-state index in [0.717, 1.165) is 30.1 Å². The van der Waals surface area contributed by atoms with Crippen LogP contribution >= 0.6 is 0 Å². The summed E-state index contributed by atoms with van der Waals surface area (Å²) in [6.07, 6.45) is 2.00. The number of para-hydroxylation sites is 1. The van der Waals surface area contributed by atoms with Gasteiger partial charge in [-0.2, -0.15) is 0 Å². The fourth-order valence-corrected chi connectivity index (χ4v) is 3.82. The van der Waals surface area contributed by atoms with E-state index in [1.54, 1.807) is 0 Å². The predicted octanol–water partition coefficient (Wildman–Crippen LogP) is 6.44. The Labute approximate surface area is 182 Å². The average Bonchev–Trinajstić information content (AvgIpc) is 2.61. The van der Waals surface area contributed by atoms with Crippen LogP contribution in [0.3, 0.4) is 0 Å². The van der Waals surface area contributed by atoms with Gasteiger partial charge in [0, 0.05) is 24.0 Å². The first-order chi connectivity index (χ1) is 13.5. The molecule has 0 aromatic heterocycles. The quantitative estimate of drug-likeness (QED) is 0.325. The summed E-state index contributed by atoms with van der Waals surface area (Å²) in [5.41, 5.74) is 4.91. The largest absolute Gasteiger partial charge is 0.642 e. The van der Waals surface area contributed by atoms with E-state index >= 15 is 0 Å². The van der Waals surface area contributed by atoms with Gasteiger partial charge in [0.1, 0.15) is 0 Å². The summed E-state index contributed by atoms with van der Waals surface area (Å²) >= 11 is -1.25. The minimum atomic E-state index is -1.25. The highest BCUT2D eigenvalue weighted by atomic mass is 27.2. The molecule has 0 atom stereocenters. The zero-order valence-corrected chi connectivity index (χ0v) is 20.6. The van der Waals surface area contributed by atoms with Crippen molar-refractivity contribution in [3.63, 3.8) is 0 Å². The first kappa shape index (κ1) is 23.5. The zero-order chi connectivity index (χ0) is 21.7. The fraction of sp³-hybridized carbons (Fsp3) is 0.480. The maximum Gasteiger partial charge on any atom is 0.540 e. The van der Waals surface area contributed by atoms with Gasteiger partial charge in [-0.1, -0.05) is 77.4 Å². The highest BCUT2D eigenvalue weighted by molar-refractivity contribution is 6.49. The molecule has 2 aromatic rings. The molecule has 2 aromatic carbocycles.